The number of aliphatic hydroxyl groups is 2. The van der Waals surface area contributed by atoms with E-state index in [4.69, 9.17) is 19.6 Å². The lowest BCUT2D eigenvalue weighted by Crippen LogP contribution is -2.72. The second kappa shape index (κ2) is 17.6. The van der Waals surface area contributed by atoms with Gasteiger partial charge in [0.25, 0.3) is 0 Å². The number of pyridine rings is 1. The number of carbonyl (C=O) groups is 3. The Labute approximate surface area is 381 Å². The van der Waals surface area contributed by atoms with Crippen LogP contribution in [0.3, 0.4) is 0 Å². The fourth-order valence-electron chi connectivity index (χ4n) is 12.4. The number of ether oxygens (including phenoxy) is 2. The van der Waals surface area contributed by atoms with Gasteiger partial charge in [0.1, 0.15) is 23.4 Å². The van der Waals surface area contributed by atoms with Crippen LogP contribution in [0.1, 0.15) is 100 Å². The molecule has 2 saturated carbocycles. The molecule has 1 saturated heterocycles. The van der Waals surface area contributed by atoms with Crippen molar-refractivity contribution < 1.29 is 38.5 Å². The normalized spacial score (nSPS) is 31.5. The highest BCUT2D eigenvalue weighted by Gasteiger charge is 2.64. The molecule has 5 N–H and O–H groups in total. The van der Waals surface area contributed by atoms with Gasteiger partial charge in [0.2, 0.25) is 5.91 Å². The summed E-state index contributed by atoms with van der Waals surface area (Å²) in [5.41, 5.74) is 7.61. The molecule has 2 aromatic heterocycles. The predicted molar refractivity (Wildman–Crippen MR) is 248 cm³/mol. The number of esters is 1. The molecule has 13 nitrogen and oxygen atoms in total. The van der Waals surface area contributed by atoms with Crippen LogP contribution in [0.5, 0.6) is 5.75 Å². The van der Waals surface area contributed by atoms with Crippen LogP contribution in [0.25, 0.3) is 11.0 Å². The lowest BCUT2D eigenvalue weighted by molar-refractivity contribution is -0.183. The zero-order valence-electron chi connectivity index (χ0n) is 37.1. The van der Waals surface area contributed by atoms with Crippen LogP contribution in [0, 0.1) is 17.8 Å². The highest BCUT2D eigenvalue weighted by atomic mass is 33.1. The van der Waals surface area contributed by atoms with E-state index in [0.717, 1.165) is 42.2 Å². The average molecular weight is 913 g/mol. The number of nitrogen functional groups attached to an aromatic ring is 1. The maximum atomic E-state index is 14.5. The minimum Gasteiger partial charge on any atom is -0.481 e. The summed E-state index contributed by atoms with van der Waals surface area (Å²) in [4.78, 5) is 61.5. The lowest BCUT2D eigenvalue weighted by Gasteiger charge is -2.58. The number of hydrogen-bond donors (Lipinski definition) is 4. The van der Waals surface area contributed by atoms with Gasteiger partial charge in [-0.15, -0.1) is 0 Å². The summed E-state index contributed by atoms with van der Waals surface area (Å²) in [7, 11) is 5.34. The Balaban J connectivity index is 1.18. The van der Waals surface area contributed by atoms with Crippen LogP contribution in [0.4, 0.5) is 5.82 Å². The molecule has 9 rings (SSSR count). The molecule has 342 valence electrons. The van der Waals surface area contributed by atoms with E-state index in [9.17, 15) is 29.4 Å². The topological polar surface area (TPSA) is 195 Å². The Morgan fingerprint density at radius 2 is 1.95 bits per heavy atom. The number of benzene rings is 1. The van der Waals surface area contributed by atoms with Gasteiger partial charge >= 0.3 is 11.6 Å². The van der Waals surface area contributed by atoms with Crippen LogP contribution >= 0.6 is 21.6 Å². The van der Waals surface area contributed by atoms with Gasteiger partial charge in [0, 0.05) is 95.7 Å². The van der Waals surface area contributed by atoms with Gasteiger partial charge in [-0.05, 0) is 94.3 Å². The van der Waals surface area contributed by atoms with Gasteiger partial charge < -0.3 is 44.8 Å². The molecule has 3 aliphatic heterocycles. The standard InChI is InChI=1S/C49H60N4O9S2/c1-5-27(2)45(58)62-47(3)13-9-28-26-63-64-39-17-32(24-55)43(51-4)35-23-53(44(35)39)41(57)18-31-22-52-40(50)19-34(31)42(28)49(47)21-30-15-29-16-36(46(59)60-37(29)20-38(30)61-49)48(11-7-6-8-12-48)33(25-56)10-14-54/h5,9,15-16,19-20,22,24,32-33,35,39,42-44,51,54,56H,6-8,10-14,17-18,21,23,25-26H2,1-4H3,(H2,50,52)/b27-5+/t32-,33-,35+,39+,42+,43+,44+,47+,49+/m0/s1. The zero-order valence-corrected chi connectivity index (χ0v) is 38.7. The summed E-state index contributed by atoms with van der Waals surface area (Å²) < 4.78 is 20.2. The summed E-state index contributed by atoms with van der Waals surface area (Å²) in [6.45, 7) is 5.75. The predicted octanol–water partition coefficient (Wildman–Crippen LogP) is 5.96. The first kappa shape index (κ1) is 45.0. The van der Waals surface area contributed by atoms with Crippen molar-refractivity contribution in [3.63, 3.8) is 0 Å². The van der Waals surface area contributed by atoms with E-state index >= 15 is 0 Å². The van der Waals surface area contributed by atoms with Crippen molar-refractivity contribution in [3.05, 3.63) is 86.4 Å². The first-order valence-corrected chi connectivity index (χ1v) is 25.2. The van der Waals surface area contributed by atoms with Crippen molar-refractivity contribution >= 4 is 56.5 Å². The van der Waals surface area contributed by atoms with E-state index < -0.39 is 34.1 Å². The molecule has 0 bridgehead atoms. The number of rotatable bonds is 9. The number of hydrogen-bond acceptors (Lipinski definition) is 14. The van der Waals surface area contributed by atoms with Crippen LogP contribution in [-0.4, -0.2) is 99.4 Å². The summed E-state index contributed by atoms with van der Waals surface area (Å²) in [5.74, 6) is 0.00192. The molecular weight excluding hydrogens is 853 g/mol. The fourth-order valence-corrected chi connectivity index (χ4v) is 15.6. The van der Waals surface area contributed by atoms with E-state index in [2.05, 4.69) is 16.4 Å². The molecule has 1 amide bonds. The SMILES string of the molecule is C/C=C(\C)C(=O)O[C@]1(C)CC=C2CSS[C@@H]3C[C@@H](C=O)[C@@H](NC)[C@H]4CN(C(=O)Cc5cnc(N)cc5[C@@H]2[C@]12Cc1cc5cc(C6([C@H](CO)CCO)CCCCC6)c(=O)oc5cc1O2)[C@H]43. The number of amides is 1. The number of nitrogens with one attached hydrogen (secondary N) is 1. The summed E-state index contributed by atoms with van der Waals surface area (Å²) >= 11 is 0. The highest BCUT2D eigenvalue weighted by Crippen LogP contribution is 2.59. The largest absolute Gasteiger partial charge is 0.481 e. The maximum absolute atomic E-state index is 14.5. The number of fused-ring (bicyclic) bond motifs is 6. The number of aliphatic hydroxyl groups excluding tert-OH is 2. The van der Waals surface area contributed by atoms with Crippen molar-refractivity contribution in [2.45, 2.75) is 125 Å². The molecular formula is C49H60N4O9S2. The Kier molecular flexibility index (Phi) is 12.4. The number of carbonyl (C=O) groups excluding carboxylic acids is 3. The van der Waals surface area contributed by atoms with Crippen molar-refractivity contribution in [1.29, 1.82) is 0 Å². The third-order valence-electron chi connectivity index (χ3n) is 15.9. The monoisotopic (exact) mass is 912 g/mol. The van der Waals surface area contributed by atoms with Gasteiger partial charge in [-0.3, -0.25) is 4.79 Å². The minimum absolute atomic E-state index is 0.00133. The molecule has 0 unspecified atom stereocenters. The Morgan fingerprint density at radius 3 is 2.67 bits per heavy atom. The van der Waals surface area contributed by atoms with Crippen LogP contribution in [0.15, 0.2) is 63.0 Å². The van der Waals surface area contributed by atoms with Crippen LogP contribution < -0.4 is 21.4 Å². The van der Waals surface area contributed by atoms with Crippen LogP contribution in [-0.2, 0) is 37.4 Å². The second-order valence-electron chi connectivity index (χ2n) is 19.2. The maximum Gasteiger partial charge on any atom is 0.340 e. The van der Waals surface area contributed by atoms with E-state index in [1.807, 2.05) is 37.1 Å². The van der Waals surface area contributed by atoms with E-state index in [0.29, 0.717) is 84.2 Å². The van der Waals surface area contributed by atoms with Crippen molar-refractivity contribution in [3.8, 4) is 5.75 Å². The van der Waals surface area contributed by atoms with Crippen molar-refractivity contribution in [1.82, 2.24) is 15.2 Å². The molecule has 15 heteroatoms. The van der Waals surface area contributed by atoms with E-state index in [1.165, 1.54) is 0 Å². The molecule has 5 heterocycles. The molecule has 1 aromatic carbocycles. The van der Waals surface area contributed by atoms with Crippen molar-refractivity contribution in [2.24, 2.45) is 17.8 Å². The number of aromatic nitrogens is 1. The zero-order chi connectivity index (χ0) is 45.1. The third-order valence-corrected chi connectivity index (χ3v) is 18.7. The second-order valence-corrected chi connectivity index (χ2v) is 21.8. The number of anilines is 1. The number of nitrogens with zero attached hydrogens (tertiary/aromatic N) is 2. The lowest BCUT2D eigenvalue weighted by atomic mass is 9.61. The average Bonchev–Trinajstić information content (AvgIpc) is 3.65. The first-order valence-electron chi connectivity index (χ1n) is 22.9. The smallest absolute Gasteiger partial charge is 0.340 e. The van der Waals surface area contributed by atoms with E-state index in [1.54, 1.807) is 53.8 Å². The molecule has 3 fully saturated rings. The molecule has 3 aliphatic carbocycles. The van der Waals surface area contributed by atoms with Crippen LogP contribution in [0.2, 0.25) is 0 Å². The van der Waals surface area contributed by atoms with Gasteiger partial charge in [-0.2, -0.15) is 0 Å². The molecule has 0 radical (unpaired) electrons. The number of allylic oxidation sites excluding steroid dienone is 1. The van der Waals surface area contributed by atoms with E-state index in [-0.39, 0.29) is 66.4 Å². The molecule has 64 heavy (non-hydrogen) atoms. The Morgan fingerprint density at radius 1 is 1.16 bits per heavy atom. The Hall–Kier alpha value is -4.15. The number of aldehydes is 1. The highest BCUT2D eigenvalue weighted by molar-refractivity contribution is 8.77. The summed E-state index contributed by atoms with van der Waals surface area (Å²) in [5, 5.41) is 24.8. The minimum atomic E-state index is -1.27. The molecule has 1 spiro atoms. The molecule has 9 atom stereocenters. The summed E-state index contributed by atoms with van der Waals surface area (Å²) in [6, 6.07) is 7.53. The Bertz CT molecular complexity index is 2470. The summed E-state index contributed by atoms with van der Waals surface area (Å²) in [6.07, 6.45) is 12.7. The molecule has 6 aliphatic rings. The van der Waals surface area contributed by atoms with Gasteiger partial charge in [-0.1, -0.05) is 58.6 Å². The first-order chi connectivity index (χ1) is 30.8. The van der Waals surface area contributed by atoms with Gasteiger partial charge in [-0.25, -0.2) is 14.6 Å². The number of nitrogens with two attached hydrogens (primary N) is 1. The van der Waals surface area contributed by atoms with Gasteiger partial charge in [0.15, 0.2) is 11.2 Å². The fraction of sp³-hybridized carbons (Fsp3) is 0.571. The van der Waals surface area contributed by atoms with Crippen molar-refractivity contribution in [2.75, 3.05) is 38.3 Å². The van der Waals surface area contributed by atoms with Gasteiger partial charge in [0.05, 0.1) is 18.4 Å². The third kappa shape index (κ3) is 7.32. The quantitative estimate of drug-likeness (QED) is 0.0491. The molecule has 3 aromatic rings.